The molecular weight excluding hydrogens is 324 g/mol. The van der Waals surface area contributed by atoms with Crippen LogP contribution in [0.2, 0.25) is 0 Å². The van der Waals surface area contributed by atoms with Gasteiger partial charge in [-0.1, -0.05) is 30.3 Å². The van der Waals surface area contributed by atoms with E-state index in [1.165, 1.54) is 0 Å². The lowest BCUT2D eigenvalue weighted by atomic mass is 10.2. The van der Waals surface area contributed by atoms with E-state index in [4.69, 9.17) is 14.2 Å². The van der Waals surface area contributed by atoms with Crippen LogP contribution in [0, 0.1) is 0 Å². The first-order valence-electron chi connectivity index (χ1n) is 7.87. The number of amides is 2. The molecule has 2 aromatic carbocycles. The minimum Gasteiger partial charge on any atom is -0.493 e. The summed E-state index contributed by atoms with van der Waals surface area (Å²) in [6, 6.07) is 16.3. The van der Waals surface area contributed by atoms with E-state index < -0.39 is 12.0 Å². The zero-order chi connectivity index (χ0) is 17.5. The van der Waals surface area contributed by atoms with Crippen LogP contribution in [-0.4, -0.2) is 31.1 Å². The molecule has 130 valence electrons. The Bertz CT molecular complexity index is 735. The van der Waals surface area contributed by atoms with Crippen LogP contribution in [-0.2, 0) is 9.59 Å². The van der Waals surface area contributed by atoms with Crippen molar-refractivity contribution in [3.8, 4) is 17.2 Å². The molecule has 0 spiro atoms. The van der Waals surface area contributed by atoms with Gasteiger partial charge in [0.15, 0.2) is 11.5 Å². The standard InChI is InChI=1S/C18H18N2O5/c21-17(10-11-23-13-6-2-1-3-7-13)19-20-18(22)16-12-24-14-8-4-5-9-15(14)25-16/h1-9,16H,10-12H2,(H,19,21)(H,20,22)/t16-/m0/s1. The van der Waals surface area contributed by atoms with Crippen molar-refractivity contribution in [1.29, 1.82) is 0 Å². The molecule has 0 unspecified atom stereocenters. The Balaban J connectivity index is 1.38. The van der Waals surface area contributed by atoms with Crippen LogP contribution in [0.1, 0.15) is 6.42 Å². The van der Waals surface area contributed by atoms with E-state index in [9.17, 15) is 9.59 Å². The third-order valence-electron chi connectivity index (χ3n) is 3.47. The predicted molar refractivity (Wildman–Crippen MR) is 89.2 cm³/mol. The Morgan fingerprint density at radius 3 is 2.52 bits per heavy atom. The highest BCUT2D eigenvalue weighted by Crippen LogP contribution is 2.30. The predicted octanol–water partition coefficient (Wildman–Crippen LogP) is 1.44. The molecular formula is C18H18N2O5. The zero-order valence-corrected chi connectivity index (χ0v) is 13.4. The fraction of sp³-hybridized carbons (Fsp3) is 0.222. The van der Waals surface area contributed by atoms with Crippen LogP contribution in [0.3, 0.4) is 0 Å². The number of rotatable bonds is 5. The third kappa shape index (κ3) is 4.63. The molecule has 2 aromatic rings. The number of hydrogen-bond donors (Lipinski definition) is 2. The van der Waals surface area contributed by atoms with E-state index in [2.05, 4.69) is 10.9 Å². The molecule has 2 N–H and O–H groups in total. The molecule has 3 rings (SSSR count). The topological polar surface area (TPSA) is 85.9 Å². The fourth-order valence-electron chi connectivity index (χ4n) is 2.20. The van der Waals surface area contributed by atoms with Crippen LogP contribution in [0.4, 0.5) is 0 Å². The third-order valence-corrected chi connectivity index (χ3v) is 3.47. The number of ether oxygens (including phenoxy) is 3. The maximum atomic E-state index is 12.0. The number of para-hydroxylation sites is 3. The molecule has 0 bridgehead atoms. The van der Waals surface area contributed by atoms with Crippen LogP contribution < -0.4 is 25.1 Å². The summed E-state index contributed by atoms with van der Waals surface area (Å²) in [6.07, 6.45) is -0.712. The average molecular weight is 342 g/mol. The number of hydrazine groups is 1. The SMILES string of the molecule is O=C(CCOc1ccccc1)NNC(=O)[C@@H]1COc2ccccc2O1. The van der Waals surface area contributed by atoms with Gasteiger partial charge in [-0.15, -0.1) is 0 Å². The summed E-state index contributed by atoms with van der Waals surface area (Å²) in [6.45, 7) is 0.290. The maximum absolute atomic E-state index is 12.0. The van der Waals surface area contributed by atoms with E-state index in [-0.39, 0.29) is 25.5 Å². The molecule has 0 aromatic heterocycles. The molecule has 1 atom stereocenters. The second-order valence-corrected chi connectivity index (χ2v) is 5.31. The number of carbonyl (C=O) groups is 2. The summed E-state index contributed by atoms with van der Waals surface area (Å²) in [5.74, 6) is 0.934. The lowest BCUT2D eigenvalue weighted by molar-refractivity contribution is -0.135. The van der Waals surface area contributed by atoms with Gasteiger partial charge in [-0.2, -0.15) is 0 Å². The van der Waals surface area contributed by atoms with Gasteiger partial charge in [-0.05, 0) is 24.3 Å². The first-order chi connectivity index (χ1) is 12.2. The van der Waals surface area contributed by atoms with E-state index in [1.807, 2.05) is 24.3 Å². The van der Waals surface area contributed by atoms with Crippen molar-refractivity contribution in [3.63, 3.8) is 0 Å². The summed E-state index contributed by atoms with van der Waals surface area (Å²) in [5.41, 5.74) is 4.67. The second-order valence-electron chi connectivity index (χ2n) is 5.31. The van der Waals surface area contributed by atoms with Gasteiger partial charge in [0.25, 0.3) is 5.91 Å². The van der Waals surface area contributed by atoms with Crippen LogP contribution in [0.25, 0.3) is 0 Å². The van der Waals surface area contributed by atoms with Crippen LogP contribution in [0.15, 0.2) is 54.6 Å². The van der Waals surface area contributed by atoms with Gasteiger partial charge < -0.3 is 14.2 Å². The van der Waals surface area contributed by atoms with Crippen molar-refractivity contribution in [2.75, 3.05) is 13.2 Å². The largest absolute Gasteiger partial charge is 0.493 e. The molecule has 0 fully saturated rings. The second kappa shape index (κ2) is 8.05. The van der Waals surface area contributed by atoms with E-state index in [0.29, 0.717) is 17.2 Å². The highest BCUT2D eigenvalue weighted by atomic mass is 16.6. The van der Waals surface area contributed by atoms with Gasteiger partial charge >= 0.3 is 0 Å². The molecule has 0 radical (unpaired) electrons. The summed E-state index contributed by atoms with van der Waals surface area (Å²) >= 11 is 0. The van der Waals surface area contributed by atoms with E-state index >= 15 is 0 Å². The Kier molecular flexibility index (Phi) is 5.36. The number of benzene rings is 2. The minimum atomic E-state index is -0.823. The van der Waals surface area contributed by atoms with Crippen molar-refractivity contribution in [2.45, 2.75) is 12.5 Å². The lowest BCUT2D eigenvalue weighted by Crippen LogP contribution is -2.51. The van der Waals surface area contributed by atoms with Gasteiger partial charge in [-0.3, -0.25) is 20.4 Å². The van der Waals surface area contributed by atoms with Gasteiger partial charge in [0.1, 0.15) is 12.4 Å². The number of carbonyl (C=O) groups excluding carboxylic acids is 2. The monoisotopic (exact) mass is 342 g/mol. The number of nitrogens with one attached hydrogen (secondary N) is 2. The van der Waals surface area contributed by atoms with Crippen molar-refractivity contribution >= 4 is 11.8 Å². The van der Waals surface area contributed by atoms with Crippen molar-refractivity contribution in [3.05, 3.63) is 54.6 Å². The summed E-state index contributed by atoms with van der Waals surface area (Å²) in [7, 11) is 0. The van der Waals surface area contributed by atoms with E-state index in [0.717, 1.165) is 0 Å². The minimum absolute atomic E-state index is 0.0792. The average Bonchev–Trinajstić information content (AvgIpc) is 2.66. The zero-order valence-electron chi connectivity index (χ0n) is 13.4. The van der Waals surface area contributed by atoms with E-state index in [1.54, 1.807) is 30.3 Å². The first-order valence-corrected chi connectivity index (χ1v) is 7.87. The highest BCUT2D eigenvalue weighted by molar-refractivity contribution is 5.85. The molecule has 1 aliphatic rings. The Morgan fingerprint density at radius 1 is 1.00 bits per heavy atom. The number of hydrogen-bond acceptors (Lipinski definition) is 5. The van der Waals surface area contributed by atoms with Crippen LogP contribution >= 0.6 is 0 Å². The first kappa shape index (κ1) is 16.6. The Morgan fingerprint density at radius 2 is 1.72 bits per heavy atom. The number of fused-ring (bicyclic) bond motifs is 1. The van der Waals surface area contributed by atoms with Crippen molar-refractivity contribution in [1.82, 2.24) is 10.9 Å². The Labute approximate surface area is 144 Å². The molecule has 7 nitrogen and oxygen atoms in total. The molecule has 25 heavy (non-hydrogen) atoms. The molecule has 2 amide bonds. The molecule has 1 aliphatic heterocycles. The summed E-state index contributed by atoms with van der Waals surface area (Å²) in [4.78, 5) is 23.8. The van der Waals surface area contributed by atoms with Gasteiger partial charge in [0.05, 0.1) is 13.0 Å². The molecule has 7 heteroatoms. The molecule has 0 saturated heterocycles. The normalized spacial score (nSPS) is 15.1. The molecule has 0 aliphatic carbocycles. The van der Waals surface area contributed by atoms with Crippen molar-refractivity contribution in [2.24, 2.45) is 0 Å². The Hall–Kier alpha value is -3.22. The van der Waals surface area contributed by atoms with Gasteiger partial charge in [0, 0.05) is 0 Å². The van der Waals surface area contributed by atoms with Crippen LogP contribution in [0.5, 0.6) is 17.2 Å². The quantitative estimate of drug-likeness (QED) is 0.803. The maximum Gasteiger partial charge on any atom is 0.283 e. The summed E-state index contributed by atoms with van der Waals surface area (Å²) in [5, 5.41) is 0. The fourth-order valence-corrected chi connectivity index (χ4v) is 2.20. The summed E-state index contributed by atoms with van der Waals surface area (Å²) < 4.78 is 16.4. The van der Waals surface area contributed by atoms with Crippen molar-refractivity contribution < 1.29 is 23.8 Å². The lowest BCUT2D eigenvalue weighted by Gasteiger charge is -2.25. The smallest absolute Gasteiger partial charge is 0.283 e. The molecule has 1 heterocycles. The highest BCUT2D eigenvalue weighted by Gasteiger charge is 2.27. The van der Waals surface area contributed by atoms with Gasteiger partial charge in [-0.25, -0.2) is 0 Å². The van der Waals surface area contributed by atoms with Gasteiger partial charge in [0.2, 0.25) is 12.0 Å². The molecule has 0 saturated carbocycles.